The number of hydrogen-bond donors (Lipinski definition) is 2. The van der Waals surface area contributed by atoms with Gasteiger partial charge < -0.3 is 19.9 Å². The maximum absolute atomic E-state index is 13.1. The molecule has 4 aromatic rings. The summed E-state index contributed by atoms with van der Waals surface area (Å²) in [5.41, 5.74) is 2.99. The van der Waals surface area contributed by atoms with Gasteiger partial charge in [0.1, 0.15) is 12.6 Å². The molecule has 0 radical (unpaired) electrons. The lowest BCUT2D eigenvalue weighted by atomic mass is 9.98. The maximum atomic E-state index is 13.1. The summed E-state index contributed by atoms with van der Waals surface area (Å²) in [6, 6.07) is 25.1. The molecule has 0 aliphatic rings. The van der Waals surface area contributed by atoms with Crippen LogP contribution in [0.5, 0.6) is 0 Å². The normalized spacial score (nSPS) is 12.9. The summed E-state index contributed by atoms with van der Waals surface area (Å²) in [5.74, 6) is -0.282. The quantitative estimate of drug-likeness (QED) is 0.393. The minimum Gasteiger partial charge on any atom is -0.445 e. The number of para-hydroxylation sites is 2. The largest absolute Gasteiger partial charge is 0.445 e. The third-order valence-corrected chi connectivity index (χ3v) is 6.07. The summed E-state index contributed by atoms with van der Waals surface area (Å²) in [6.07, 6.45) is 0.142. The molecule has 2 N–H and O–H groups in total. The van der Waals surface area contributed by atoms with Crippen molar-refractivity contribution in [2.45, 2.75) is 39.6 Å². The number of amides is 2. The fraction of sp³-hybridized carbons (Fsp3) is 0.259. The third kappa shape index (κ3) is 5.00. The number of benzene rings is 3. The molecule has 6 heteroatoms. The highest BCUT2D eigenvalue weighted by Crippen LogP contribution is 2.28. The van der Waals surface area contributed by atoms with E-state index < -0.39 is 12.1 Å². The van der Waals surface area contributed by atoms with Crippen molar-refractivity contribution in [2.24, 2.45) is 5.92 Å². The van der Waals surface area contributed by atoms with Crippen molar-refractivity contribution in [3.05, 3.63) is 84.4 Å². The lowest BCUT2D eigenvalue weighted by Crippen LogP contribution is -2.50. The van der Waals surface area contributed by atoms with Crippen molar-refractivity contribution < 1.29 is 14.3 Å². The van der Waals surface area contributed by atoms with E-state index >= 15 is 0 Å². The van der Waals surface area contributed by atoms with Crippen LogP contribution < -0.4 is 10.6 Å². The molecule has 170 valence electrons. The second-order valence-corrected chi connectivity index (χ2v) is 8.23. The number of nitrogens with zero attached hydrogens (tertiary/aromatic N) is 1. The fourth-order valence-corrected chi connectivity index (χ4v) is 4.03. The highest BCUT2D eigenvalue weighted by atomic mass is 16.5. The van der Waals surface area contributed by atoms with Gasteiger partial charge in [0.05, 0.1) is 17.7 Å². The number of nitrogens with one attached hydrogen (secondary N) is 2. The minimum atomic E-state index is -0.689. The van der Waals surface area contributed by atoms with Crippen LogP contribution in [0.15, 0.2) is 78.9 Å². The standard InChI is InChI=1S/C27H29N3O3/c1-3-19(2)25(29-27(32)33-17-20-11-5-4-6-12-20)26(31)28-18-30-23-15-9-7-13-21(23)22-14-8-10-16-24(22)30/h4-16,19,25H,3,17-18H2,1-2H3,(H,28,31)(H,29,32). The number of carbonyl (C=O) groups is 2. The van der Waals surface area contributed by atoms with Crippen molar-refractivity contribution in [3.63, 3.8) is 0 Å². The fourth-order valence-electron chi connectivity index (χ4n) is 4.03. The molecule has 0 bridgehead atoms. The second-order valence-electron chi connectivity index (χ2n) is 8.23. The van der Waals surface area contributed by atoms with Crippen molar-refractivity contribution >= 4 is 33.8 Å². The molecule has 1 aromatic heterocycles. The zero-order chi connectivity index (χ0) is 23.2. The van der Waals surface area contributed by atoms with Crippen LogP contribution in [0.4, 0.5) is 4.79 Å². The van der Waals surface area contributed by atoms with Gasteiger partial charge in [-0.15, -0.1) is 0 Å². The van der Waals surface area contributed by atoms with Gasteiger partial charge in [-0.05, 0) is 23.6 Å². The van der Waals surface area contributed by atoms with Gasteiger partial charge in [-0.25, -0.2) is 4.79 Å². The highest BCUT2D eigenvalue weighted by Gasteiger charge is 2.26. The van der Waals surface area contributed by atoms with E-state index in [0.717, 1.165) is 33.8 Å². The van der Waals surface area contributed by atoms with Crippen molar-refractivity contribution in [1.82, 2.24) is 15.2 Å². The first-order chi connectivity index (χ1) is 16.1. The van der Waals surface area contributed by atoms with Crippen LogP contribution in [0.2, 0.25) is 0 Å². The number of rotatable bonds is 8. The third-order valence-electron chi connectivity index (χ3n) is 6.07. The Kier molecular flexibility index (Phi) is 6.93. The van der Waals surface area contributed by atoms with E-state index in [9.17, 15) is 9.59 Å². The molecule has 0 fully saturated rings. The molecule has 2 unspecified atom stereocenters. The van der Waals surface area contributed by atoms with Crippen LogP contribution in [-0.2, 0) is 22.8 Å². The van der Waals surface area contributed by atoms with Crippen LogP contribution >= 0.6 is 0 Å². The Morgan fingerprint density at radius 1 is 0.879 bits per heavy atom. The van der Waals surface area contributed by atoms with Gasteiger partial charge in [0.25, 0.3) is 0 Å². The Labute approximate surface area is 193 Å². The Hall–Kier alpha value is -3.80. The maximum Gasteiger partial charge on any atom is 0.408 e. The number of aromatic nitrogens is 1. The molecule has 4 rings (SSSR count). The smallest absolute Gasteiger partial charge is 0.408 e. The summed E-state index contributed by atoms with van der Waals surface area (Å²) in [4.78, 5) is 25.5. The molecule has 0 aliphatic heterocycles. The number of ether oxygens (including phenoxy) is 1. The van der Waals surface area contributed by atoms with Gasteiger partial charge >= 0.3 is 6.09 Å². The lowest BCUT2D eigenvalue weighted by molar-refractivity contribution is -0.124. The van der Waals surface area contributed by atoms with Gasteiger partial charge in [-0.1, -0.05) is 87.0 Å². The lowest BCUT2D eigenvalue weighted by Gasteiger charge is -2.23. The molecule has 0 spiro atoms. The van der Waals surface area contributed by atoms with E-state index in [1.54, 1.807) is 0 Å². The summed E-state index contributed by atoms with van der Waals surface area (Å²) in [6.45, 7) is 4.40. The summed E-state index contributed by atoms with van der Waals surface area (Å²) in [5, 5.41) is 8.06. The van der Waals surface area contributed by atoms with Gasteiger partial charge in [-0.3, -0.25) is 4.79 Å². The first-order valence-electron chi connectivity index (χ1n) is 11.3. The molecule has 3 aromatic carbocycles. The van der Waals surface area contributed by atoms with Crippen molar-refractivity contribution in [3.8, 4) is 0 Å². The van der Waals surface area contributed by atoms with Crippen LogP contribution in [-0.4, -0.2) is 22.6 Å². The SMILES string of the molecule is CCC(C)C(NC(=O)OCc1ccccc1)C(=O)NCn1c2ccccc2c2ccccc21. The van der Waals surface area contributed by atoms with Gasteiger partial charge in [0, 0.05) is 10.8 Å². The Balaban J connectivity index is 1.46. The average Bonchev–Trinajstić information content (AvgIpc) is 3.18. The summed E-state index contributed by atoms with van der Waals surface area (Å²) < 4.78 is 7.42. The second kappa shape index (κ2) is 10.2. The Morgan fingerprint density at radius 3 is 2.06 bits per heavy atom. The molecule has 0 saturated carbocycles. The van der Waals surface area contributed by atoms with E-state index in [1.807, 2.05) is 80.6 Å². The van der Waals surface area contributed by atoms with E-state index in [-0.39, 0.29) is 18.4 Å². The van der Waals surface area contributed by atoms with Gasteiger partial charge in [0.15, 0.2) is 0 Å². The van der Waals surface area contributed by atoms with E-state index in [2.05, 4.69) is 27.3 Å². The average molecular weight is 444 g/mol. The van der Waals surface area contributed by atoms with E-state index in [1.165, 1.54) is 0 Å². The Morgan fingerprint density at radius 2 is 1.45 bits per heavy atom. The predicted molar refractivity (Wildman–Crippen MR) is 131 cm³/mol. The topological polar surface area (TPSA) is 72.4 Å². The molecule has 33 heavy (non-hydrogen) atoms. The van der Waals surface area contributed by atoms with Crippen LogP contribution in [0.1, 0.15) is 25.8 Å². The molecular formula is C27H29N3O3. The Bertz CT molecular complexity index is 1200. The zero-order valence-corrected chi connectivity index (χ0v) is 19.0. The van der Waals surface area contributed by atoms with Crippen LogP contribution in [0, 0.1) is 5.92 Å². The van der Waals surface area contributed by atoms with Crippen LogP contribution in [0.3, 0.4) is 0 Å². The molecule has 1 heterocycles. The molecule has 6 nitrogen and oxygen atoms in total. The minimum absolute atomic E-state index is 0.0487. The first-order valence-corrected chi connectivity index (χ1v) is 11.3. The zero-order valence-electron chi connectivity index (χ0n) is 19.0. The summed E-state index contributed by atoms with van der Waals surface area (Å²) >= 11 is 0. The van der Waals surface area contributed by atoms with E-state index in [0.29, 0.717) is 6.67 Å². The monoisotopic (exact) mass is 443 g/mol. The number of fused-ring (bicyclic) bond motifs is 3. The van der Waals surface area contributed by atoms with E-state index in [4.69, 9.17) is 4.74 Å². The van der Waals surface area contributed by atoms with Crippen molar-refractivity contribution in [2.75, 3.05) is 0 Å². The van der Waals surface area contributed by atoms with Crippen molar-refractivity contribution in [1.29, 1.82) is 0 Å². The number of alkyl carbamates (subject to hydrolysis) is 1. The molecular weight excluding hydrogens is 414 g/mol. The molecule has 0 saturated heterocycles. The molecule has 2 amide bonds. The number of carbonyl (C=O) groups excluding carboxylic acids is 2. The predicted octanol–water partition coefficient (Wildman–Crippen LogP) is 5.21. The first kappa shape index (κ1) is 22.4. The van der Waals surface area contributed by atoms with Crippen LogP contribution in [0.25, 0.3) is 21.8 Å². The highest BCUT2D eigenvalue weighted by molar-refractivity contribution is 6.08. The van der Waals surface area contributed by atoms with Gasteiger partial charge in [-0.2, -0.15) is 0 Å². The molecule has 2 atom stereocenters. The molecule has 0 aliphatic carbocycles. The van der Waals surface area contributed by atoms with Gasteiger partial charge in [0.2, 0.25) is 5.91 Å². The summed E-state index contributed by atoms with van der Waals surface area (Å²) in [7, 11) is 0. The number of hydrogen-bond acceptors (Lipinski definition) is 3.